The van der Waals surface area contributed by atoms with Gasteiger partial charge < -0.3 is 15.6 Å². The predicted octanol–water partition coefficient (Wildman–Crippen LogP) is 3.23. The fraction of sp³-hybridized carbons (Fsp3) is 0.520. The molecule has 0 unspecified atom stereocenters. The molecule has 3 heterocycles. The fourth-order valence-corrected chi connectivity index (χ4v) is 6.21. The maximum Gasteiger partial charge on any atom is 0.270 e. The Morgan fingerprint density at radius 2 is 2.06 bits per heavy atom. The lowest BCUT2D eigenvalue weighted by Gasteiger charge is -2.38. The minimum atomic E-state index is 0.111. The highest BCUT2D eigenvalue weighted by molar-refractivity contribution is 7.15. The number of para-hydroxylation sites is 1. The van der Waals surface area contributed by atoms with Gasteiger partial charge in [-0.1, -0.05) is 25.1 Å². The average Bonchev–Trinajstić information content (AvgIpc) is 3.43. The summed E-state index contributed by atoms with van der Waals surface area (Å²) in [6, 6.07) is 10.6. The van der Waals surface area contributed by atoms with Crippen molar-refractivity contribution in [1.82, 2.24) is 24.7 Å². The lowest BCUT2D eigenvalue weighted by Crippen LogP contribution is -2.51. The Hall–Kier alpha value is -2.42. The molecule has 0 bridgehead atoms. The molecule has 1 aliphatic carbocycles. The van der Waals surface area contributed by atoms with Crippen LogP contribution in [0.5, 0.6) is 0 Å². The van der Waals surface area contributed by atoms with Crippen LogP contribution in [0.15, 0.2) is 30.3 Å². The molecule has 3 aromatic rings. The van der Waals surface area contributed by atoms with Crippen LogP contribution in [0.1, 0.15) is 40.8 Å². The molecule has 3 N–H and O–H groups in total. The lowest BCUT2D eigenvalue weighted by molar-refractivity contribution is 0.0604. The zero-order valence-corrected chi connectivity index (χ0v) is 20.2. The van der Waals surface area contributed by atoms with Gasteiger partial charge in [-0.2, -0.15) is 0 Å². The van der Waals surface area contributed by atoms with Crippen LogP contribution in [0.2, 0.25) is 0 Å². The predicted molar refractivity (Wildman–Crippen MR) is 135 cm³/mol. The third-order valence-electron chi connectivity index (χ3n) is 7.08. The Kier molecular flexibility index (Phi) is 6.66. The van der Waals surface area contributed by atoms with Crippen LogP contribution in [-0.2, 0) is 12.8 Å². The van der Waals surface area contributed by atoms with Crippen molar-refractivity contribution in [1.29, 1.82) is 0 Å². The van der Waals surface area contributed by atoms with Crippen LogP contribution in [0.4, 0.5) is 5.13 Å². The molecular formula is C25H34N6OS. The molecule has 5 rings (SSSR count). The molecule has 33 heavy (non-hydrogen) atoms. The molecule has 1 fully saturated rings. The van der Waals surface area contributed by atoms with E-state index < -0.39 is 0 Å². The number of nitrogen functional groups attached to an aromatic ring is 1. The number of anilines is 1. The monoisotopic (exact) mass is 466 g/mol. The number of carbonyl (C=O) groups is 1. The Morgan fingerprint density at radius 3 is 2.85 bits per heavy atom. The number of fused-ring (bicyclic) bond motifs is 2. The molecule has 8 heteroatoms. The van der Waals surface area contributed by atoms with E-state index >= 15 is 0 Å². The molecule has 1 amide bonds. The molecule has 0 saturated carbocycles. The van der Waals surface area contributed by atoms with Gasteiger partial charge >= 0.3 is 0 Å². The number of aryl methyl sites for hydroxylation is 1. The highest BCUT2D eigenvalue weighted by Gasteiger charge is 2.28. The van der Waals surface area contributed by atoms with E-state index in [2.05, 4.69) is 26.7 Å². The topological polar surface area (TPSA) is 81.5 Å². The number of nitrogens with two attached hydrogens (primary N) is 1. The zero-order valence-electron chi connectivity index (χ0n) is 19.4. The summed E-state index contributed by atoms with van der Waals surface area (Å²) in [5, 5.41) is 1.80. The van der Waals surface area contributed by atoms with E-state index in [-0.39, 0.29) is 5.91 Å². The second-order valence-electron chi connectivity index (χ2n) is 9.26. The van der Waals surface area contributed by atoms with Gasteiger partial charge in [0.1, 0.15) is 5.69 Å². The standard InChI is InChI=1S/C25H34N6OS/c1-2-9-30(19-7-8-21-23(17-19)33-25(26)28-21)13-10-29-11-14-31(15-12-29)24(32)22-16-18-5-3-4-6-20(18)27-22/h3-6,16,19,27H,2,7-15,17H2,1H3,(H2,26,28)/t19-/m1/s1. The van der Waals surface area contributed by atoms with Crippen LogP contribution in [-0.4, -0.2) is 82.4 Å². The number of rotatable bonds is 7. The van der Waals surface area contributed by atoms with E-state index in [4.69, 9.17) is 5.73 Å². The van der Waals surface area contributed by atoms with Gasteiger partial charge in [0, 0.05) is 61.1 Å². The average molecular weight is 467 g/mol. The summed E-state index contributed by atoms with van der Waals surface area (Å²) in [6.45, 7) is 8.98. The number of H-pyrrole nitrogens is 1. The van der Waals surface area contributed by atoms with E-state index in [9.17, 15) is 4.79 Å². The number of piperazine rings is 1. The van der Waals surface area contributed by atoms with Crippen molar-refractivity contribution in [2.45, 2.75) is 38.6 Å². The molecule has 1 atom stereocenters. The first kappa shape index (κ1) is 22.4. The van der Waals surface area contributed by atoms with Gasteiger partial charge in [0.05, 0.1) is 5.69 Å². The number of hydrogen-bond donors (Lipinski definition) is 2. The van der Waals surface area contributed by atoms with Gasteiger partial charge in [-0.3, -0.25) is 14.6 Å². The van der Waals surface area contributed by atoms with Gasteiger partial charge in [-0.15, -0.1) is 11.3 Å². The third-order valence-corrected chi connectivity index (χ3v) is 8.03. The first-order valence-corrected chi connectivity index (χ1v) is 13.0. The van der Waals surface area contributed by atoms with E-state index in [1.54, 1.807) is 11.3 Å². The summed E-state index contributed by atoms with van der Waals surface area (Å²) in [7, 11) is 0. The molecule has 1 saturated heterocycles. The summed E-state index contributed by atoms with van der Waals surface area (Å²) in [4.78, 5) is 29.3. The number of carbonyl (C=O) groups excluding carboxylic acids is 1. The molecule has 2 aliphatic rings. The summed E-state index contributed by atoms with van der Waals surface area (Å²) < 4.78 is 0. The molecule has 0 radical (unpaired) electrons. The van der Waals surface area contributed by atoms with Gasteiger partial charge in [0.25, 0.3) is 5.91 Å². The first-order chi connectivity index (χ1) is 16.1. The number of thiazole rings is 1. The highest BCUT2D eigenvalue weighted by atomic mass is 32.1. The smallest absolute Gasteiger partial charge is 0.270 e. The molecule has 2 aromatic heterocycles. The van der Waals surface area contributed by atoms with Crippen molar-refractivity contribution in [3.63, 3.8) is 0 Å². The first-order valence-electron chi connectivity index (χ1n) is 12.2. The number of aromatic amines is 1. The van der Waals surface area contributed by atoms with Crippen LogP contribution >= 0.6 is 11.3 Å². The number of nitrogens with zero attached hydrogens (tertiary/aromatic N) is 4. The number of benzene rings is 1. The van der Waals surface area contributed by atoms with Crippen LogP contribution in [0, 0.1) is 0 Å². The van der Waals surface area contributed by atoms with Crippen LogP contribution in [0.3, 0.4) is 0 Å². The number of nitrogens with one attached hydrogen (secondary N) is 1. The van der Waals surface area contributed by atoms with E-state index in [1.165, 1.54) is 23.4 Å². The van der Waals surface area contributed by atoms with Crippen molar-refractivity contribution in [3.05, 3.63) is 46.6 Å². The largest absolute Gasteiger partial charge is 0.375 e. The van der Waals surface area contributed by atoms with Gasteiger partial charge in [0.15, 0.2) is 5.13 Å². The summed E-state index contributed by atoms with van der Waals surface area (Å²) in [5.74, 6) is 0.111. The van der Waals surface area contributed by atoms with Crippen molar-refractivity contribution < 1.29 is 4.79 Å². The van der Waals surface area contributed by atoms with Crippen molar-refractivity contribution in [3.8, 4) is 0 Å². The molecule has 176 valence electrons. The van der Waals surface area contributed by atoms with Crippen molar-refractivity contribution >= 4 is 33.3 Å². The Balaban J connectivity index is 1.13. The summed E-state index contributed by atoms with van der Waals surface area (Å²) in [6.07, 6.45) is 4.46. The van der Waals surface area contributed by atoms with Gasteiger partial charge in [-0.05, 0) is 44.4 Å². The second-order valence-corrected chi connectivity index (χ2v) is 10.4. The Bertz CT molecular complexity index is 1070. The van der Waals surface area contributed by atoms with Crippen molar-refractivity contribution in [2.75, 3.05) is 51.5 Å². The Labute approximate surface area is 199 Å². The molecule has 1 aromatic carbocycles. The highest BCUT2D eigenvalue weighted by Crippen LogP contribution is 2.30. The molecule has 7 nitrogen and oxygen atoms in total. The van der Waals surface area contributed by atoms with E-state index in [1.807, 2.05) is 35.2 Å². The maximum absolute atomic E-state index is 13.0. The van der Waals surface area contributed by atoms with E-state index in [0.29, 0.717) is 16.9 Å². The second kappa shape index (κ2) is 9.83. The minimum Gasteiger partial charge on any atom is -0.375 e. The summed E-state index contributed by atoms with van der Waals surface area (Å²) >= 11 is 1.67. The number of amides is 1. The summed E-state index contributed by atoms with van der Waals surface area (Å²) in [5.41, 5.74) is 8.88. The molecular weight excluding hydrogens is 432 g/mol. The minimum absolute atomic E-state index is 0.111. The van der Waals surface area contributed by atoms with Gasteiger partial charge in [-0.25, -0.2) is 4.98 Å². The molecule has 0 spiro atoms. The lowest BCUT2D eigenvalue weighted by atomic mass is 9.96. The normalized spacial score (nSPS) is 19.3. The molecule has 1 aliphatic heterocycles. The van der Waals surface area contributed by atoms with Crippen molar-refractivity contribution in [2.24, 2.45) is 0 Å². The van der Waals surface area contributed by atoms with Crippen LogP contribution < -0.4 is 5.73 Å². The maximum atomic E-state index is 13.0. The zero-order chi connectivity index (χ0) is 22.8. The SMILES string of the molecule is CCCN(CCN1CCN(C(=O)c2cc3ccccc3[nH]2)CC1)[C@@H]1CCc2nc(N)sc2C1. The van der Waals surface area contributed by atoms with Crippen LogP contribution in [0.25, 0.3) is 10.9 Å². The third kappa shape index (κ3) is 4.93. The quantitative estimate of drug-likeness (QED) is 0.559. The number of aromatic nitrogens is 2. The fourth-order valence-electron chi connectivity index (χ4n) is 5.26. The Morgan fingerprint density at radius 1 is 1.24 bits per heavy atom. The van der Waals surface area contributed by atoms with E-state index in [0.717, 1.165) is 69.6 Å². The number of hydrogen-bond acceptors (Lipinski definition) is 6. The van der Waals surface area contributed by atoms with Gasteiger partial charge in [0.2, 0.25) is 0 Å².